The van der Waals surface area contributed by atoms with E-state index in [2.05, 4.69) is 19.7 Å². The lowest BCUT2D eigenvalue weighted by Gasteiger charge is -2.04. The number of H-pyrrole nitrogens is 2. The summed E-state index contributed by atoms with van der Waals surface area (Å²) < 4.78 is 27.1. The summed E-state index contributed by atoms with van der Waals surface area (Å²) in [6, 6.07) is 4.38. The fourth-order valence-electron chi connectivity index (χ4n) is 1.87. The first-order chi connectivity index (χ1) is 9.85. The SMILES string of the molecule is Cc1nc(NS(=O)(=O)c2ccc3[nH]c(=O)[nH]c3c2)sc1C. The maximum absolute atomic E-state index is 12.3. The van der Waals surface area contributed by atoms with Crippen LogP contribution in [0.3, 0.4) is 0 Å². The number of benzene rings is 1. The van der Waals surface area contributed by atoms with Crippen LogP contribution in [0.4, 0.5) is 5.13 Å². The smallest absolute Gasteiger partial charge is 0.306 e. The minimum absolute atomic E-state index is 0.0655. The Hall–Kier alpha value is -2.13. The molecule has 0 unspecified atom stereocenters. The van der Waals surface area contributed by atoms with Gasteiger partial charge in [-0.25, -0.2) is 18.2 Å². The van der Waals surface area contributed by atoms with Crippen molar-refractivity contribution in [1.29, 1.82) is 0 Å². The summed E-state index contributed by atoms with van der Waals surface area (Å²) >= 11 is 1.28. The fourth-order valence-corrected chi connectivity index (χ4v) is 3.94. The van der Waals surface area contributed by atoms with E-state index in [1.807, 2.05) is 13.8 Å². The molecule has 110 valence electrons. The number of thiazole rings is 1. The molecule has 0 saturated heterocycles. The summed E-state index contributed by atoms with van der Waals surface area (Å²) in [6.45, 7) is 3.70. The number of anilines is 1. The monoisotopic (exact) mass is 324 g/mol. The Morgan fingerprint density at radius 1 is 1.19 bits per heavy atom. The van der Waals surface area contributed by atoms with Crippen LogP contribution in [0, 0.1) is 13.8 Å². The number of aryl methyl sites for hydroxylation is 2. The van der Waals surface area contributed by atoms with Crippen LogP contribution in [0.1, 0.15) is 10.6 Å². The third-order valence-electron chi connectivity index (χ3n) is 3.05. The molecule has 1 aromatic carbocycles. The number of nitrogens with one attached hydrogen (secondary N) is 3. The minimum atomic E-state index is -3.74. The minimum Gasteiger partial charge on any atom is -0.306 e. The Morgan fingerprint density at radius 3 is 2.57 bits per heavy atom. The number of aromatic nitrogens is 3. The molecule has 2 heterocycles. The summed E-state index contributed by atoms with van der Waals surface area (Å²) in [5.41, 5.74) is 1.41. The number of imidazole rings is 1. The standard InChI is InChI=1S/C12H12N4O3S2/c1-6-7(2)20-12(13-6)16-21(18,19)8-3-4-9-10(5-8)15-11(17)14-9/h3-5H,1-2H3,(H,13,16)(H2,14,15,17). The molecule has 3 aromatic rings. The van der Waals surface area contributed by atoms with Crippen molar-refractivity contribution in [1.82, 2.24) is 15.0 Å². The highest BCUT2D eigenvalue weighted by Crippen LogP contribution is 2.24. The highest BCUT2D eigenvalue weighted by Gasteiger charge is 2.17. The molecule has 0 aliphatic carbocycles. The van der Waals surface area contributed by atoms with E-state index >= 15 is 0 Å². The van der Waals surface area contributed by atoms with Gasteiger partial charge in [0.2, 0.25) is 0 Å². The summed E-state index contributed by atoms with van der Waals surface area (Å²) in [5.74, 6) is 0. The van der Waals surface area contributed by atoms with Crippen molar-refractivity contribution in [2.75, 3.05) is 4.72 Å². The van der Waals surface area contributed by atoms with Crippen molar-refractivity contribution in [2.24, 2.45) is 0 Å². The largest absolute Gasteiger partial charge is 0.323 e. The van der Waals surface area contributed by atoms with Gasteiger partial charge in [0, 0.05) is 4.88 Å². The summed E-state index contributed by atoms with van der Waals surface area (Å²) in [6.07, 6.45) is 0. The quantitative estimate of drug-likeness (QED) is 0.682. The van der Waals surface area contributed by atoms with E-state index in [0.29, 0.717) is 16.2 Å². The molecule has 0 spiro atoms. The topological polar surface area (TPSA) is 108 Å². The van der Waals surface area contributed by atoms with Gasteiger partial charge >= 0.3 is 5.69 Å². The first-order valence-electron chi connectivity index (χ1n) is 6.04. The van der Waals surface area contributed by atoms with E-state index < -0.39 is 10.0 Å². The van der Waals surface area contributed by atoms with E-state index in [4.69, 9.17) is 0 Å². The van der Waals surface area contributed by atoms with E-state index in [0.717, 1.165) is 10.6 Å². The predicted molar refractivity (Wildman–Crippen MR) is 81.3 cm³/mol. The summed E-state index contributed by atoms with van der Waals surface area (Å²) in [4.78, 5) is 21.5. The van der Waals surface area contributed by atoms with Crippen LogP contribution in [0.5, 0.6) is 0 Å². The molecule has 9 heteroatoms. The zero-order valence-corrected chi connectivity index (χ0v) is 12.9. The second-order valence-electron chi connectivity index (χ2n) is 4.55. The molecule has 3 rings (SSSR count). The third kappa shape index (κ3) is 2.57. The molecule has 21 heavy (non-hydrogen) atoms. The van der Waals surface area contributed by atoms with E-state index in [1.165, 1.54) is 23.5 Å². The Labute approximate surface area is 124 Å². The van der Waals surface area contributed by atoms with Crippen molar-refractivity contribution >= 4 is 37.5 Å². The lowest BCUT2D eigenvalue weighted by Crippen LogP contribution is -2.12. The Bertz CT molecular complexity index is 962. The van der Waals surface area contributed by atoms with Gasteiger partial charge in [0.15, 0.2) is 5.13 Å². The molecule has 0 bridgehead atoms. The van der Waals surface area contributed by atoms with Gasteiger partial charge in [-0.3, -0.25) is 4.72 Å². The van der Waals surface area contributed by atoms with Crippen molar-refractivity contribution in [2.45, 2.75) is 18.7 Å². The van der Waals surface area contributed by atoms with Gasteiger partial charge in [0.25, 0.3) is 10.0 Å². The molecule has 0 fully saturated rings. The highest BCUT2D eigenvalue weighted by molar-refractivity contribution is 7.93. The van der Waals surface area contributed by atoms with Crippen LogP contribution in [-0.2, 0) is 10.0 Å². The molecule has 0 atom stereocenters. The molecule has 2 aromatic heterocycles. The van der Waals surface area contributed by atoms with Gasteiger partial charge in [-0.2, -0.15) is 0 Å². The number of hydrogen-bond acceptors (Lipinski definition) is 5. The molecule has 0 aliphatic heterocycles. The molecular formula is C12H12N4O3S2. The molecule has 0 aliphatic rings. The molecule has 0 amide bonds. The van der Waals surface area contributed by atoms with Crippen LogP contribution in [0.2, 0.25) is 0 Å². The number of rotatable bonds is 3. The van der Waals surface area contributed by atoms with Crippen LogP contribution in [0.25, 0.3) is 11.0 Å². The average Bonchev–Trinajstić information content (AvgIpc) is 2.90. The maximum Gasteiger partial charge on any atom is 0.323 e. The maximum atomic E-state index is 12.3. The number of sulfonamides is 1. The Morgan fingerprint density at radius 2 is 1.90 bits per heavy atom. The van der Waals surface area contributed by atoms with Gasteiger partial charge < -0.3 is 9.97 Å². The Balaban J connectivity index is 2.00. The highest BCUT2D eigenvalue weighted by atomic mass is 32.2. The lowest BCUT2D eigenvalue weighted by atomic mass is 10.3. The molecule has 3 N–H and O–H groups in total. The van der Waals surface area contributed by atoms with Gasteiger partial charge in [-0.1, -0.05) is 0 Å². The van der Waals surface area contributed by atoms with Crippen LogP contribution < -0.4 is 10.4 Å². The predicted octanol–water partition coefficient (Wildman–Crippen LogP) is 1.73. The molecule has 0 radical (unpaired) electrons. The average molecular weight is 324 g/mol. The zero-order chi connectivity index (χ0) is 15.2. The number of aromatic amines is 2. The Kier molecular flexibility index (Phi) is 3.10. The molecular weight excluding hydrogens is 312 g/mol. The third-order valence-corrected chi connectivity index (χ3v) is 5.50. The normalized spacial score (nSPS) is 11.9. The first-order valence-corrected chi connectivity index (χ1v) is 8.34. The van der Waals surface area contributed by atoms with Crippen molar-refractivity contribution in [3.8, 4) is 0 Å². The zero-order valence-electron chi connectivity index (χ0n) is 11.2. The fraction of sp³-hybridized carbons (Fsp3) is 0.167. The molecule has 0 saturated carbocycles. The molecule has 7 nitrogen and oxygen atoms in total. The second kappa shape index (κ2) is 4.71. The summed E-state index contributed by atoms with van der Waals surface area (Å²) in [5, 5.41) is 0.327. The van der Waals surface area contributed by atoms with Crippen LogP contribution >= 0.6 is 11.3 Å². The number of nitrogens with zero attached hydrogens (tertiary/aromatic N) is 1. The number of fused-ring (bicyclic) bond motifs is 1. The summed E-state index contributed by atoms with van der Waals surface area (Å²) in [7, 11) is -3.74. The van der Waals surface area contributed by atoms with E-state index in [9.17, 15) is 13.2 Å². The lowest BCUT2D eigenvalue weighted by molar-refractivity contribution is 0.601. The van der Waals surface area contributed by atoms with Crippen molar-refractivity contribution < 1.29 is 8.42 Å². The first kappa shape index (κ1) is 13.8. The van der Waals surface area contributed by atoms with Gasteiger partial charge in [0.05, 0.1) is 21.6 Å². The van der Waals surface area contributed by atoms with Crippen LogP contribution in [0.15, 0.2) is 27.9 Å². The van der Waals surface area contributed by atoms with Gasteiger partial charge in [-0.15, -0.1) is 11.3 Å². The van der Waals surface area contributed by atoms with Crippen molar-refractivity contribution in [3.05, 3.63) is 39.3 Å². The van der Waals surface area contributed by atoms with E-state index in [-0.39, 0.29) is 10.6 Å². The van der Waals surface area contributed by atoms with Crippen LogP contribution in [-0.4, -0.2) is 23.4 Å². The second-order valence-corrected chi connectivity index (χ2v) is 7.44. The van der Waals surface area contributed by atoms with Gasteiger partial charge in [0.1, 0.15) is 0 Å². The number of hydrogen-bond donors (Lipinski definition) is 3. The van der Waals surface area contributed by atoms with Gasteiger partial charge in [-0.05, 0) is 32.0 Å². The van der Waals surface area contributed by atoms with Crippen molar-refractivity contribution in [3.63, 3.8) is 0 Å². The van der Waals surface area contributed by atoms with E-state index in [1.54, 1.807) is 6.07 Å².